The van der Waals surface area contributed by atoms with Gasteiger partial charge in [0.25, 0.3) is 5.56 Å². The number of halogens is 3. The SMILES string of the molecule is COc1cnc(C2CCC2c2nc3c(c(C#N)nn3[C@@H](C)c3ccc(C(F)(F)F)nc3)c(=O)[nH]2)nc1. The average Bonchev–Trinajstić information content (AvgIpc) is 3.22. The Morgan fingerprint density at radius 3 is 2.44 bits per heavy atom. The highest BCUT2D eigenvalue weighted by molar-refractivity contribution is 5.80. The smallest absolute Gasteiger partial charge is 0.433 e. The topological polar surface area (TPSA) is 135 Å². The van der Waals surface area contributed by atoms with Gasteiger partial charge >= 0.3 is 6.18 Å². The molecule has 1 aliphatic rings. The minimum absolute atomic E-state index is 0.0181. The lowest BCUT2D eigenvalue weighted by atomic mass is 9.72. The predicted octanol–water partition coefficient (Wildman–Crippen LogP) is 3.47. The Morgan fingerprint density at radius 2 is 1.89 bits per heavy atom. The monoisotopic (exact) mass is 496 g/mol. The van der Waals surface area contributed by atoms with E-state index in [1.54, 1.807) is 19.3 Å². The summed E-state index contributed by atoms with van der Waals surface area (Å²) >= 11 is 0. The normalized spacial score (nSPS) is 18.4. The summed E-state index contributed by atoms with van der Waals surface area (Å²) in [5, 5.41) is 13.8. The molecule has 4 aromatic heterocycles. The molecule has 1 fully saturated rings. The molecule has 0 bridgehead atoms. The van der Waals surface area contributed by atoms with Gasteiger partial charge in [-0.05, 0) is 31.4 Å². The van der Waals surface area contributed by atoms with Gasteiger partial charge in [-0.25, -0.2) is 19.6 Å². The lowest BCUT2D eigenvalue weighted by Gasteiger charge is -2.34. The van der Waals surface area contributed by atoms with Gasteiger partial charge in [-0.1, -0.05) is 6.07 Å². The molecule has 10 nitrogen and oxygen atoms in total. The number of ether oxygens (including phenoxy) is 1. The first-order chi connectivity index (χ1) is 17.2. The summed E-state index contributed by atoms with van der Waals surface area (Å²) in [6, 6.07) is 3.42. The minimum atomic E-state index is -4.56. The van der Waals surface area contributed by atoms with Gasteiger partial charge in [0.05, 0.1) is 25.5 Å². The van der Waals surface area contributed by atoms with Crippen LogP contribution in [0.3, 0.4) is 0 Å². The van der Waals surface area contributed by atoms with Crippen LogP contribution in [0.25, 0.3) is 11.0 Å². The molecule has 36 heavy (non-hydrogen) atoms. The first kappa shape index (κ1) is 23.4. The summed E-state index contributed by atoms with van der Waals surface area (Å²) in [4.78, 5) is 32.6. The van der Waals surface area contributed by atoms with Crippen molar-refractivity contribution in [3.05, 3.63) is 69.7 Å². The van der Waals surface area contributed by atoms with Crippen LogP contribution in [0.4, 0.5) is 13.2 Å². The van der Waals surface area contributed by atoms with Crippen LogP contribution in [0.1, 0.15) is 66.2 Å². The number of fused-ring (bicyclic) bond motifs is 1. The van der Waals surface area contributed by atoms with Crippen molar-refractivity contribution in [2.24, 2.45) is 0 Å². The Hall–Kier alpha value is -4.34. The average molecular weight is 496 g/mol. The predicted molar refractivity (Wildman–Crippen MR) is 119 cm³/mol. The Morgan fingerprint density at radius 1 is 1.17 bits per heavy atom. The number of nitriles is 1. The minimum Gasteiger partial charge on any atom is -0.494 e. The molecule has 0 aliphatic heterocycles. The number of hydrogen-bond acceptors (Lipinski definition) is 8. The molecular formula is C23H19F3N8O2. The summed E-state index contributed by atoms with van der Waals surface area (Å²) in [7, 11) is 1.52. The summed E-state index contributed by atoms with van der Waals surface area (Å²) in [5.74, 6) is 1.31. The number of alkyl halides is 3. The highest BCUT2D eigenvalue weighted by Crippen LogP contribution is 2.46. The molecule has 0 radical (unpaired) electrons. The van der Waals surface area contributed by atoms with Crippen molar-refractivity contribution in [3.63, 3.8) is 0 Å². The quantitative estimate of drug-likeness (QED) is 0.444. The first-order valence-corrected chi connectivity index (χ1v) is 11.0. The molecule has 1 N–H and O–H groups in total. The van der Waals surface area contributed by atoms with Crippen LogP contribution in [0.2, 0.25) is 0 Å². The molecular weight excluding hydrogens is 477 g/mol. The van der Waals surface area contributed by atoms with Gasteiger partial charge in [-0.2, -0.15) is 23.5 Å². The van der Waals surface area contributed by atoms with Crippen molar-refractivity contribution in [3.8, 4) is 11.8 Å². The van der Waals surface area contributed by atoms with Crippen molar-refractivity contribution in [2.45, 2.75) is 43.8 Å². The van der Waals surface area contributed by atoms with Crippen LogP contribution in [0.5, 0.6) is 5.75 Å². The maximum absolute atomic E-state index is 13.0. The number of nitrogens with one attached hydrogen (secondary N) is 1. The molecule has 3 atom stereocenters. The highest BCUT2D eigenvalue weighted by atomic mass is 19.4. The third kappa shape index (κ3) is 3.94. The molecule has 0 amide bonds. The summed E-state index contributed by atoms with van der Waals surface area (Å²) in [6.45, 7) is 1.68. The van der Waals surface area contributed by atoms with E-state index < -0.39 is 23.5 Å². The molecule has 0 aromatic carbocycles. The Balaban J connectivity index is 1.54. The van der Waals surface area contributed by atoms with E-state index >= 15 is 0 Å². The van der Waals surface area contributed by atoms with Crippen LogP contribution in [0, 0.1) is 11.3 Å². The fourth-order valence-electron chi connectivity index (χ4n) is 4.31. The standard InChI is InChI=1S/C23H19F3N8O2/c1-11(12-3-6-17(28-8-12)23(24,25)26)34-21-18(16(7-27)33-34)22(35)32-20(31-21)15-5-4-14(15)19-29-9-13(36-2)10-30-19/h3,6,8-11,14-15H,4-5H2,1-2H3,(H,31,32,35)/t11-,14?,15?/m0/s1. The van der Waals surface area contributed by atoms with Gasteiger partial charge < -0.3 is 9.72 Å². The van der Waals surface area contributed by atoms with Gasteiger partial charge in [-0.3, -0.25) is 9.78 Å². The molecule has 13 heteroatoms. The number of aromatic amines is 1. The molecule has 1 saturated carbocycles. The number of rotatable bonds is 5. The van der Waals surface area contributed by atoms with E-state index in [2.05, 4.69) is 30.0 Å². The van der Waals surface area contributed by atoms with Gasteiger partial charge in [0.2, 0.25) is 0 Å². The van der Waals surface area contributed by atoms with E-state index in [9.17, 15) is 23.2 Å². The second-order valence-electron chi connectivity index (χ2n) is 8.48. The second kappa shape index (κ2) is 8.71. The molecule has 184 valence electrons. The molecule has 5 rings (SSSR count). The number of nitrogens with zero attached hydrogens (tertiary/aromatic N) is 7. The van der Waals surface area contributed by atoms with E-state index in [4.69, 9.17) is 4.74 Å². The maximum atomic E-state index is 13.0. The Kier molecular flexibility index (Phi) is 5.66. The van der Waals surface area contributed by atoms with Gasteiger partial charge in [0.15, 0.2) is 17.1 Å². The van der Waals surface area contributed by atoms with Crippen molar-refractivity contribution in [1.29, 1.82) is 5.26 Å². The first-order valence-electron chi connectivity index (χ1n) is 11.0. The fourth-order valence-corrected chi connectivity index (χ4v) is 4.31. The zero-order chi connectivity index (χ0) is 25.6. The van der Waals surface area contributed by atoms with Crippen LogP contribution in [0.15, 0.2) is 35.5 Å². The maximum Gasteiger partial charge on any atom is 0.433 e. The van der Waals surface area contributed by atoms with Crippen LogP contribution in [-0.2, 0) is 6.18 Å². The Bertz CT molecular complexity index is 1520. The van der Waals surface area contributed by atoms with E-state index in [1.807, 2.05) is 6.07 Å². The van der Waals surface area contributed by atoms with Gasteiger partial charge in [0.1, 0.15) is 28.8 Å². The fraction of sp³-hybridized carbons (Fsp3) is 0.348. The molecule has 4 aromatic rings. The van der Waals surface area contributed by atoms with Crippen molar-refractivity contribution < 1.29 is 17.9 Å². The molecule has 1 aliphatic carbocycles. The van der Waals surface area contributed by atoms with Crippen LogP contribution >= 0.6 is 0 Å². The number of aromatic nitrogens is 7. The van der Waals surface area contributed by atoms with E-state index in [0.717, 1.165) is 25.1 Å². The number of H-pyrrole nitrogens is 1. The summed E-state index contributed by atoms with van der Waals surface area (Å²) < 4.78 is 45.2. The van der Waals surface area contributed by atoms with Gasteiger partial charge in [0, 0.05) is 18.0 Å². The molecule has 2 unspecified atom stereocenters. The zero-order valence-corrected chi connectivity index (χ0v) is 19.1. The number of methoxy groups -OCH3 is 1. The second-order valence-corrected chi connectivity index (χ2v) is 8.48. The number of pyridine rings is 1. The lowest BCUT2D eigenvalue weighted by Crippen LogP contribution is -2.28. The molecule has 0 spiro atoms. The van der Waals surface area contributed by atoms with E-state index in [0.29, 0.717) is 23.0 Å². The third-order valence-electron chi connectivity index (χ3n) is 6.45. The van der Waals surface area contributed by atoms with Crippen molar-refractivity contribution >= 4 is 11.0 Å². The van der Waals surface area contributed by atoms with E-state index in [1.165, 1.54) is 17.9 Å². The lowest BCUT2D eigenvalue weighted by molar-refractivity contribution is -0.141. The summed E-state index contributed by atoms with van der Waals surface area (Å²) in [6.07, 6.45) is 1.23. The number of hydrogen-bond donors (Lipinski definition) is 1. The summed E-state index contributed by atoms with van der Waals surface area (Å²) in [5.41, 5.74) is -1.08. The largest absolute Gasteiger partial charge is 0.494 e. The van der Waals surface area contributed by atoms with Gasteiger partial charge in [-0.15, -0.1) is 0 Å². The molecule has 4 heterocycles. The van der Waals surface area contributed by atoms with Crippen molar-refractivity contribution in [2.75, 3.05) is 7.11 Å². The van der Waals surface area contributed by atoms with Crippen LogP contribution in [-0.4, -0.2) is 41.8 Å². The third-order valence-corrected chi connectivity index (χ3v) is 6.45. The Labute approximate surface area is 201 Å². The van der Waals surface area contributed by atoms with E-state index in [-0.39, 0.29) is 28.6 Å². The molecule has 0 saturated heterocycles. The van der Waals surface area contributed by atoms with Crippen molar-refractivity contribution in [1.82, 2.24) is 34.7 Å². The highest BCUT2D eigenvalue weighted by Gasteiger charge is 2.38. The zero-order valence-electron chi connectivity index (χ0n) is 19.1. The van der Waals surface area contributed by atoms with Crippen LogP contribution < -0.4 is 10.3 Å².